The molecule has 0 fully saturated rings. The van der Waals surface area contributed by atoms with E-state index in [0.717, 1.165) is 35.5 Å². The van der Waals surface area contributed by atoms with Crippen LogP contribution in [0.2, 0.25) is 0 Å². The Labute approximate surface area is 148 Å². The van der Waals surface area contributed by atoms with Gasteiger partial charge in [-0.2, -0.15) is 4.99 Å². The molecule has 4 heterocycles. The van der Waals surface area contributed by atoms with E-state index >= 15 is 0 Å². The Morgan fingerprint density at radius 3 is 2.92 bits per heavy atom. The highest BCUT2D eigenvalue weighted by molar-refractivity contribution is 5.95. The number of amides is 1. The molecule has 0 saturated carbocycles. The molecule has 0 spiro atoms. The predicted molar refractivity (Wildman–Crippen MR) is 98.0 cm³/mol. The molecule has 1 amide bonds. The first kappa shape index (κ1) is 14.8. The Morgan fingerprint density at radius 2 is 2.00 bits per heavy atom. The lowest BCUT2D eigenvalue weighted by Crippen LogP contribution is -2.25. The van der Waals surface area contributed by atoms with Crippen LogP contribution in [0.25, 0.3) is 16.6 Å². The highest BCUT2D eigenvalue weighted by Gasteiger charge is 2.19. The van der Waals surface area contributed by atoms with Gasteiger partial charge in [-0.15, -0.1) is 0 Å². The molecule has 7 heteroatoms. The molecule has 0 atom stereocenters. The first-order valence-corrected chi connectivity index (χ1v) is 8.48. The highest BCUT2D eigenvalue weighted by atomic mass is 16.1. The van der Waals surface area contributed by atoms with Crippen molar-refractivity contribution in [3.05, 3.63) is 65.7 Å². The van der Waals surface area contributed by atoms with Gasteiger partial charge in [-0.1, -0.05) is 18.2 Å². The minimum Gasteiger partial charge on any atom is -0.369 e. The molecule has 0 saturated heterocycles. The number of benzene rings is 1. The van der Waals surface area contributed by atoms with E-state index in [0.29, 0.717) is 17.0 Å². The number of rotatable bonds is 1. The van der Waals surface area contributed by atoms with Crippen molar-refractivity contribution in [3.63, 3.8) is 0 Å². The molecule has 4 aromatic rings. The third kappa shape index (κ3) is 2.13. The van der Waals surface area contributed by atoms with E-state index < -0.39 is 0 Å². The minimum absolute atomic E-state index is 0.342. The van der Waals surface area contributed by atoms with E-state index in [2.05, 4.69) is 20.3 Å². The van der Waals surface area contributed by atoms with Gasteiger partial charge in [0.25, 0.3) is 5.91 Å². The summed E-state index contributed by atoms with van der Waals surface area (Å²) in [6, 6.07) is 13.5. The maximum absolute atomic E-state index is 12.9. The summed E-state index contributed by atoms with van der Waals surface area (Å²) in [5, 5.41) is 4.40. The Morgan fingerprint density at radius 1 is 1.15 bits per heavy atom. The number of nitrogens with one attached hydrogen (secondary N) is 1. The molecule has 3 aromatic heterocycles. The molecular weight excluding hydrogens is 328 g/mol. The number of fused-ring (bicyclic) bond motifs is 4. The number of imidazole rings is 1. The standard InChI is InChI=1S/C19H16N6O/c1-12-16(24-10-5-4-8-15(24)21-12)18(26)23-19-22-14-7-3-2-6-13(14)17-20-9-11-25(17)19/h2-8,10,20H,9,11H2,1H3. The van der Waals surface area contributed by atoms with Crippen molar-refractivity contribution in [1.82, 2.24) is 18.9 Å². The van der Waals surface area contributed by atoms with Crippen molar-refractivity contribution < 1.29 is 4.79 Å². The number of aromatic nitrogens is 4. The topological polar surface area (TPSA) is 76.6 Å². The average Bonchev–Trinajstić information content (AvgIpc) is 3.25. The van der Waals surface area contributed by atoms with Crippen LogP contribution in [0.1, 0.15) is 16.2 Å². The van der Waals surface area contributed by atoms with Crippen LogP contribution in [0.15, 0.2) is 53.7 Å². The fourth-order valence-electron chi connectivity index (χ4n) is 3.47. The third-order valence-electron chi connectivity index (χ3n) is 4.63. The lowest BCUT2D eigenvalue weighted by Gasteiger charge is -2.07. The Balaban J connectivity index is 1.74. The number of aryl methyl sites for hydroxylation is 1. The van der Waals surface area contributed by atoms with Gasteiger partial charge in [0.1, 0.15) is 17.2 Å². The van der Waals surface area contributed by atoms with Crippen LogP contribution >= 0.6 is 0 Å². The van der Waals surface area contributed by atoms with Crippen molar-refractivity contribution >= 4 is 28.3 Å². The van der Waals surface area contributed by atoms with Gasteiger partial charge in [-0.3, -0.25) is 13.8 Å². The Hall–Kier alpha value is -3.48. The SMILES string of the molecule is Cc1nc2ccccn2c1C(=O)N=c1nc2ccccc2c2n1CCN2. The van der Waals surface area contributed by atoms with E-state index in [1.807, 2.05) is 60.2 Å². The molecule has 5 rings (SSSR count). The molecule has 128 valence electrons. The second kappa shape index (κ2) is 5.52. The molecule has 7 nitrogen and oxygen atoms in total. The lowest BCUT2D eigenvalue weighted by molar-refractivity contribution is 0.0990. The maximum Gasteiger partial charge on any atom is 0.299 e. The van der Waals surface area contributed by atoms with Gasteiger partial charge in [0.05, 0.1) is 11.2 Å². The van der Waals surface area contributed by atoms with Gasteiger partial charge < -0.3 is 5.32 Å². The Kier molecular flexibility index (Phi) is 3.15. The van der Waals surface area contributed by atoms with Gasteiger partial charge in [0.15, 0.2) is 0 Å². The molecule has 1 N–H and O–H groups in total. The van der Waals surface area contributed by atoms with E-state index in [4.69, 9.17) is 0 Å². The molecule has 0 radical (unpaired) electrons. The van der Waals surface area contributed by atoms with Crippen molar-refractivity contribution in [2.24, 2.45) is 4.99 Å². The number of hydrogen-bond acceptors (Lipinski definition) is 4. The molecular formula is C19H16N6O. The smallest absolute Gasteiger partial charge is 0.299 e. The monoisotopic (exact) mass is 344 g/mol. The van der Waals surface area contributed by atoms with Crippen molar-refractivity contribution in [2.75, 3.05) is 11.9 Å². The van der Waals surface area contributed by atoms with Crippen LogP contribution < -0.4 is 10.9 Å². The van der Waals surface area contributed by atoms with Crippen molar-refractivity contribution in [2.45, 2.75) is 13.5 Å². The second-order valence-corrected chi connectivity index (χ2v) is 6.25. The summed E-state index contributed by atoms with van der Waals surface area (Å²) in [7, 11) is 0. The summed E-state index contributed by atoms with van der Waals surface area (Å²) in [6.07, 6.45) is 1.82. The van der Waals surface area contributed by atoms with E-state index in [9.17, 15) is 4.79 Å². The summed E-state index contributed by atoms with van der Waals surface area (Å²) in [4.78, 5) is 26.3. The summed E-state index contributed by atoms with van der Waals surface area (Å²) >= 11 is 0. The number of hydrogen-bond donors (Lipinski definition) is 1. The number of carbonyl (C=O) groups excluding carboxylic acids is 1. The molecule has 0 bridgehead atoms. The number of pyridine rings is 1. The number of anilines is 1. The summed E-state index contributed by atoms with van der Waals surface area (Å²) in [5.41, 5.74) is 3.09. The van der Waals surface area contributed by atoms with E-state index in [1.54, 1.807) is 4.40 Å². The highest BCUT2D eigenvalue weighted by Crippen LogP contribution is 2.22. The van der Waals surface area contributed by atoms with E-state index in [-0.39, 0.29) is 5.91 Å². The molecule has 1 aromatic carbocycles. The van der Waals surface area contributed by atoms with Crippen LogP contribution in [0.4, 0.5) is 5.82 Å². The molecule has 0 unspecified atom stereocenters. The maximum atomic E-state index is 12.9. The van der Waals surface area contributed by atoms with Crippen LogP contribution in [0, 0.1) is 6.92 Å². The molecule has 1 aliphatic rings. The number of nitrogens with zero attached hydrogens (tertiary/aromatic N) is 5. The number of para-hydroxylation sites is 1. The van der Waals surface area contributed by atoms with Gasteiger partial charge in [-0.25, -0.2) is 9.97 Å². The van der Waals surface area contributed by atoms with Gasteiger partial charge in [0, 0.05) is 24.7 Å². The minimum atomic E-state index is -0.342. The Bertz CT molecular complexity index is 1250. The van der Waals surface area contributed by atoms with Crippen molar-refractivity contribution in [3.8, 4) is 0 Å². The van der Waals surface area contributed by atoms with Gasteiger partial charge in [-0.05, 0) is 31.2 Å². The average molecular weight is 344 g/mol. The van der Waals surface area contributed by atoms with Crippen LogP contribution in [-0.2, 0) is 6.54 Å². The van der Waals surface area contributed by atoms with Gasteiger partial charge >= 0.3 is 0 Å². The fraction of sp³-hybridized carbons (Fsp3) is 0.158. The number of carbonyl (C=O) groups is 1. The zero-order valence-electron chi connectivity index (χ0n) is 14.2. The summed E-state index contributed by atoms with van der Waals surface area (Å²) in [5.74, 6) is 0.614. The largest absolute Gasteiger partial charge is 0.369 e. The van der Waals surface area contributed by atoms with Gasteiger partial charge in [0.2, 0.25) is 5.62 Å². The van der Waals surface area contributed by atoms with Crippen LogP contribution in [0.5, 0.6) is 0 Å². The normalized spacial score (nSPS) is 14.0. The predicted octanol–water partition coefficient (Wildman–Crippen LogP) is 2.16. The first-order valence-electron chi connectivity index (χ1n) is 8.48. The fourth-order valence-corrected chi connectivity index (χ4v) is 3.47. The summed E-state index contributed by atoms with van der Waals surface area (Å²) in [6.45, 7) is 3.34. The van der Waals surface area contributed by atoms with E-state index in [1.165, 1.54) is 0 Å². The first-order chi connectivity index (χ1) is 12.7. The molecule has 1 aliphatic heterocycles. The quantitative estimate of drug-likeness (QED) is 0.574. The van der Waals surface area contributed by atoms with Crippen LogP contribution in [0.3, 0.4) is 0 Å². The molecule has 26 heavy (non-hydrogen) atoms. The third-order valence-corrected chi connectivity index (χ3v) is 4.63. The van der Waals surface area contributed by atoms with Crippen LogP contribution in [-0.4, -0.2) is 31.4 Å². The lowest BCUT2D eigenvalue weighted by atomic mass is 10.2. The summed E-state index contributed by atoms with van der Waals surface area (Å²) < 4.78 is 3.73. The molecule has 0 aliphatic carbocycles. The van der Waals surface area contributed by atoms with Crippen molar-refractivity contribution in [1.29, 1.82) is 0 Å². The second-order valence-electron chi connectivity index (χ2n) is 6.25. The zero-order chi connectivity index (χ0) is 17.7. The zero-order valence-corrected chi connectivity index (χ0v) is 14.2.